The zero-order valence-electron chi connectivity index (χ0n) is 22.1. The van der Waals surface area contributed by atoms with E-state index in [1.807, 2.05) is 18.2 Å². The Morgan fingerprint density at radius 3 is 2.62 bits per heavy atom. The molecule has 0 spiro atoms. The molecule has 0 bridgehead atoms. The molecule has 0 atom stereocenters. The first-order chi connectivity index (χ1) is 19.2. The van der Waals surface area contributed by atoms with E-state index in [9.17, 15) is 0 Å². The molecule has 4 heterocycles. The van der Waals surface area contributed by atoms with E-state index in [1.54, 1.807) is 0 Å². The molecular formula is C30H33N7O2. The van der Waals surface area contributed by atoms with Crippen molar-refractivity contribution >= 4 is 33.8 Å². The van der Waals surface area contributed by atoms with Crippen molar-refractivity contribution in [2.45, 2.75) is 57.5 Å². The third kappa shape index (κ3) is 5.02. The Labute approximate surface area is 226 Å². The maximum atomic E-state index is 6.24. The zero-order chi connectivity index (χ0) is 26.2. The highest BCUT2D eigenvalue weighted by atomic mass is 16.5. The second-order valence-corrected chi connectivity index (χ2v) is 10.7. The average molecular weight is 524 g/mol. The molecule has 0 amide bonds. The molecule has 4 N–H and O–H groups in total. The lowest BCUT2D eigenvalue weighted by molar-refractivity contribution is 0.468. The molecule has 1 saturated carbocycles. The van der Waals surface area contributed by atoms with Crippen molar-refractivity contribution in [2.75, 3.05) is 23.7 Å². The molecule has 200 valence electrons. The molecule has 9 heteroatoms. The fraction of sp³-hybridized carbons (Fsp3) is 0.367. The quantitative estimate of drug-likeness (QED) is 0.194. The number of aromatic amines is 1. The van der Waals surface area contributed by atoms with Crippen LogP contribution in [0, 0.1) is 6.92 Å². The summed E-state index contributed by atoms with van der Waals surface area (Å²) in [5.74, 6) is 1.15. The van der Waals surface area contributed by atoms with Crippen LogP contribution >= 0.6 is 0 Å². The van der Waals surface area contributed by atoms with Crippen molar-refractivity contribution in [1.82, 2.24) is 25.3 Å². The number of nitrogens with one attached hydrogen (secondary N) is 4. The first kappa shape index (κ1) is 24.0. The topological polar surface area (TPSA) is 113 Å². The van der Waals surface area contributed by atoms with Crippen LogP contribution in [0.1, 0.15) is 44.1 Å². The van der Waals surface area contributed by atoms with Crippen LogP contribution in [0.3, 0.4) is 0 Å². The van der Waals surface area contributed by atoms with Gasteiger partial charge in [-0.25, -0.2) is 9.97 Å². The minimum absolute atomic E-state index is 0.441. The van der Waals surface area contributed by atoms with Gasteiger partial charge in [0.1, 0.15) is 23.2 Å². The summed E-state index contributed by atoms with van der Waals surface area (Å²) in [4.78, 5) is 17.0. The van der Waals surface area contributed by atoms with E-state index < -0.39 is 0 Å². The standard InChI is InChI=1S/C30H33N7O2/c1-18-14-21(34-20-10-12-31-13-11-20)6-8-23(18)25-16-24-28(36-25)32-17-33-29(24)38-22-7-9-27-26(15-22)37-30(39-27)35-19-4-2-3-5-19/h6-9,14-17,19-20,31,34H,2-5,10-13H2,1H3,(H,35,37)(H,32,33,36). The SMILES string of the molecule is Cc1cc(NC2CCNCC2)ccc1-c1cc2c(Oc3ccc4oc(NC5CCCC5)nc4c3)ncnc2[nH]1. The smallest absolute Gasteiger partial charge is 0.295 e. The van der Waals surface area contributed by atoms with E-state index in [-0.39, 0.29) is 0 Å². The highest BCUT2D eigenvalue weighted by molar-refractivity contribution is 5.88. The number of fused-ring (bicyclic) bond motifs is 2. The summed E-state index contributed by atoms with van der Waals surface area (Å²) in [7, 11) is 0. The van der Waals surface area contributed by atoms with Gasteiger partial charge >= 0.3 is 0 Å². The molecule has 2 aliphatic rings. The molecule has 0 radical (unpaired) electrons. The summed E-state index contributed by atoms with van der Waals surface area (Å²) in [6.45, 7) is 4.28. The minimum Gasteiger partial charge on any atom is -0.438 e. The number of aryl methyl sites for hydroxylation is 1. The minimum atomic E-state index is 0.441. The monoisotopic (exact) mass is 523 g/mol. The third-order valence-corrected chi connectivity index (χ3v) is 7.87. The number of hydrogen-bond donors (Lipinski definition) is 4. The Hall–Kier alpha value is -4.11. The Kier molecular flexibility index (Phi) is 6.28. The fourth-order valence-corrected chi connectivity index (χ4v) is 5.79. The van der Waals surface area contributed by atoms with Crippen molar-refractivity contribution in [2.24, 2.45) is 0 Å². The lowest BCUT2D eigenvalue weighted by Gasteiger charge is -2.25. The fourth-order valence-electron chi connectivity index (χ4n) is 5.79. The number of aromatic nitrogens is 4. The van der Waals surface area contributed by atoms with Gasteiger partial charge in [-0.15, -0.1) is 0 Å². The van der Waals surface area contributed by atoms with Crippen LogP contribution < -0.4 is 20.7 Å². The Bertz CT molecular complexity index is 1610. The molecule has 1 aliphatic carbocycles. The molecule has 39 heavy (non-hydrogen) atoms. The number of rotatable bonds is 7. The van der Waals surface area contributed by atoms with Crippen LogP contribution in [-0.2, 0) is 0 Å². The van der Waals surface area contributed by atoms with Gasteiger partial charge in [-0.3, -0.25) is 0 Å². The van der Waals surface area contributed by atoms with Gasteiger partial charge in [0.25, 0.3) is 6.01 Å². The second-order valence-electron chi connectivity index (χ2n) is 10.7. The van der Waals surface area contributed by atoms with Crippen molar-refractivity contribution in [3.8, 4) is 22.9 Å². The normalized spacial score (nSPS) is 16.7. The van der Waals surface area contributed by atoms with E-state index in [4.69, 9.17) is 9.15 Å². The summed E-state index contributed by atoms with van der Waals surface area (Å²) >= 11 is 0. The van der Waals surface area contributed by atoms with Gasteiger partial charge in [-0.1, -0.05) is 18.9 Å². The number of anilines is 2. The summed E-state index contributed by atoms with van der Waals surface area (Å²) in [6.07, 6.45) is 8.64. The molecule has 7 rings (SSSR count). The highest BCUT2D eigenvalue weighted by Crippen LogP contribution is 2.34. The van der Waals surface area contributed by atoms with Gasteiger partial charge in [0.15, 0.2) is 5.58 Å². The molecule has 1 saturated heterocycles. The van der Waals surface area contributed by atoms with E-state index >= 15 is 0 Å². The summed E-state index contributed by atoms with van der Waals surface area (Å²) in [5, 5.41) is 11.4. The van der Waals surface area contributed by atoms with Gasteiger partial charge in [-0.05, 0) is 81.6 Å². The molecular weight excluding hydrogens is 490 g/mol. The number of benzene rings is 2. The molecule has 5 aromatic rings. The first-order valence-electron chi connectivity index (χ1n) is 13.9. The van der Waals surface area contributed by atoms with Crippen molar-refractivity contribution in [3.05, 3.63) is 54.4 Å². The lowest BCUT2D eigenvalue weighted by Crippen LogP contribution is -2.35. The number of H-pyrrole nitrogens is 1. The number of hydrogen-bond acceptors (Lipinski definition) is 8. The Morgan fingerprint density at radius 2 is 1.77 bits per heavy atom. The first-order valence-corrected chi connectivity index (χ1v) is 13.9. The van der Waals surface area contributed by atoms with Crippen LogP contribution in [0.25, 0.3) is 33.4 Å². The van der Waals surface area contributed by atoms with Crippen LogP contribution in [0.2, 0.25) is 0 Å². The summed E-state index contributed by atoms with van der Waals surface area (Å²) in [6, 6.07) is 15.8. The molecule has 9 nitrogen and oxygen atoms in total. The molecule has 1 aliphatic heterocycles. The Balaban J connectivity index is 1.12. The van der Waals surface area contributed by atoms with Crippen LogP contribution in [0.5, 0.6) is 11.6 Å². The van der Waals surface area contributed by atoms with E-state index in [0.717, 1.165) is 77.9 Å². The molecule has 2 fully saturated rings. The lowest BCUT2D eigenvalue weighted by atomic mass is 10.0. The summed E-state index contributed by atoms with van der Waals surface area (Å²) < 4.78 is 12.1. The largest absolute Gasteiger partial charge is 0.438 e. The molecule has 2 aromatic carbocycles. The maximum Gasteiger partial charge on any atom is 0.295 e. The van der Waals surface area contributed by atoms with E-state index in [1.165, 1.54) is 24.7 Å². The zero-order valence-corrected chi connectivity index (χ0v) is 22.1. The predicted molar refractivity (Wildman–Crippen MR) is 154 cm³/mol. The van der Waals surface area contributed by atoms with Gasteiger partial charge in [0.2, 0.25) is 5.88 Å². The second kappa shape index (κ2) is 10.2. The molecule has 3 aromatic heterocycles. The van der Waals surface area contributed by atoms with E-state index in [2.05, 4.69) is 67.1 Å². The van der Waals surface area contributed by atoms with Crippen LogP contribution in [0.4, 0.5) is 11.7 Å². The maximum absolute atomic E-state index is 6.24. The number of nitrogens with zero attached hydrogens (tertiary/aromatic N) is 3. The Morgan fingerprint density at radius 1 is 0.923 bits per heavy atom. The highest BCUT2D eigenvalue weighted by Gasteiger charge is 2.18. The predicted octanol–water partition coefficient (Wildman–Crippen LogP) is 6.39. The average Bonchev–Trinajstić information content (AvgIpc) is 3.69. The number of oxazole rings is 1. The van der Waals surface area contributed by atoms with Gasteiger partial charge < -0.3 is 30.1 Å². The van der Waals surface area contributed by atoms with Gasteiger partial charge in [0.05, 0.1) is 5.39 Å². The van der Waals surface area contributed by atoms with Crippen molar-refractivity contribution in [1.29, 1.82) is 0 Å². The van der Waals surface area contributed by atoms with Gasteiger partial charge in [-0.2, -0.15) is 4.98 Å². The summed E-state index contributed by atoms with van der Waals surface area (Å²) in [5.41, 5.74) is 6.67. The molecule has 0 unspecified atom stereocenters. The van der Waals surface area contributed by atoms with Crippen LogP contribution in [0.15, 0.2) is 53.2 Å². The van der Waals surface area contributed by atoms with E-state index in [0.29, 0.717) is 29.7 Å². The third-order valence-electron chi connectivity index (χ3n) is 7.87. The van der Waals surface area contributed by atoms with Crippen LogP contribution in [-0.4, -0.2) is 45.1 Å². The van der Waals surface area contributed by atoms with Crippen molar-refractivity contribution < 1.29 is 9.15 Å². The van der Waals surface area contributed by atoms with Crippen molar-refractivity contribution in [3.63, 3.8) is 0 Å². The number of ether oxygens (including phenoxy) is 1. The van der Waals surface area contributed by atoms with Gasteiger partial charge in [0, 0.05) is 35.1 Å². The number of piperidine rings is 1.